The minimum atomic E-state index is 0.308. The van der Waals surface area contributed by atoms with Gasteiger partial charge in [0.1, 0.15) is 12.4 Å². The van der Waals surface area contributed by atoms with Crippen molar-refractivity contribution in [3.05, 3.63) is 18.2 Å². The molecule has 0 radical (unpaired) electrons. The molecule has 16 heavy (non-hydrogen) atoms. The lowest BCUT2D eigenvalue weighted by Gasteiger charge is -2.26. The predicted octanol–water partition coefficient (Wildman–Crippen LogP) is 1.31. The number of nitrogens with one attached hydrogen (secondary N) is 1. The van der Waals surface area contributed by atoms with E-state index in [2.05, 4.69) is 14.9 Å². The fourth-order valence-corrected chi connectivity index (χ4v) is 2.66. The first kappa shape index (κ1) is 10.3. The number of ether oxygens (including phenoxy) is 1. The first-order valence-corrected chi connectivity index (χ1v) is 6.27. The van der Waals surface area contributed by atoms with E-state index < -0.39 is 0 Å². The Morgan fingerprint density at radius 1 is 1.44 bits per heavy atom. The van der Waals surface area contributed by atoms with E-state index in [9.17, 15) is 0 Å². The Labute approximate surface area is 96.0 Å². The van der Waals surface area contributed by atoms with E-state index in [-0.39, 0.29) is 0 Å². The standard InChI is InChI=1S/C12H19N3O/c1-2-4-10(3-1)14-7-11-8-15-6-5-13-12(15)9-16-11/h5-6,10-11,14H,1-4,7-9H2/t11-/m0/s1. The lowest BCUT2D eigenvalue weighted by atomic mass is 10.2. The van der Waals surface area contributed by atoms with Crippen molar-refractivity contribution in [2.45, 2.75) is 51.0 Å². The molecule has 0 amide bonds. The summed E-state index contributed by atoms with van der Waals surface area (Å²) in [6.07, 6.45) is 9.64. The molecule has 1 atom stereocenters. The normalized spacial score (nSPS) is 25.9. The minimum absolute atomic E-state index is 0.308. The van der Waals surface area contributed by atoms with E-state index in [0.717, 1.165) is 25.0 Å². The second-order valence-corrected chi connectivity index (χ2v) is 4.82. The van der Waals surface area contributed by atoms with Crippen molar-refractivity contribution in [2.24, 2.45) is 0 Å². The van der Waals surface area contributed by atoms with Crippen LogP contribution in [0, 0.1) is 0 Å². The van der Waals surface area contributed by atoms with Crippen LogP contribution in [0.15, 0.2) is 12.4 Å². The molecule has 1 aromatic rings. The van der Waals surface area contributed by atoms with Gasteiger partial charge in [-0.2, -0.15) is 0 Å². The third-order valence-electron chi connectivity index (χ3n) is 3.64. The maximum atomic E-state index is 5.78. The van der Waals surface area contributed by atoms with Crippen LogP contribution in [-0.4, -0.2) is 28.2 Å². The average Bonchev–Trinajstić information content (AvgIpc) is 2.97. The third kappa shape index (κ3) is 2.13. The molecule has 4 nitrogen and oxygen atoms in total. The maximum Gasteiger partial charge on any atom is 0.134 e. The summed E-state index contributed by atoms with van der Waals surface area (Å²) < 4.78 is 7.98. The Hall–Kier alpha value is -0.870. The average molecular weight is 221 g/mol. The molecule has 2 aliphatic rings. The molecule has 1 fully saturated rings. The summed E-state index contributed by atoms with van der Waals surface area (Å²) in [6, 6.07) is 0.729. The Balaban J connectivity index is 1.50. The molecule has 0 saturated heterocycles. The van der Waals surface area contributed by atoms with Crippen molar-refractivity contribution < 1.29 is 4.74 Å². The lowest BCUT2D eigenvalue weighted by Crippen LogP contribution is -2.39. The number of aromatic nitrogens is 2. The van der Waals surface area contributed by atoms with Crippen molar-refractivity contribution in [1.82, 2.24) is 14.9 Å². The maximum absolute atomic E-state index is 5.78. The molecule has 1 aromatic heterocycles. The highest BCUT2D eigenvalue weighted by atomic mass is 16.5. The highest BCUT2D eigenvalue weighted by Gasteiger charge is 2.21. The van der Waals surface area contributed by atoms with Crippen molar-refractivity contribution in [1.29, 1.82) is 0 Å². The zero-order valence-corrected chi connectivity index (χ0v) is 9.56. The van der Waals surface area contributed by atoms with Crippen LogP contribution in [0.3, 0.4) is 0 Å². The van der Waals surface area contributed by atoms with E-state index in [4.69, 9.17) is 4.74 Å². The second kappa shape index (κ2) is 4.55. The molecular formula is C12H19N3O. The molecule has 0 bridgehead atoms. The summed E-state index contributed by atoms with van der Waals surface area (Å²) in [4.78, 5) is 4.25. The highest BCUT2D eigenvalue weighted by molar-refractivity contribution is 4.94. The van der Waals surface area contributed by atoms with Crippen LogP contribution in [0.5, 0.6) is 0 Å². The van der Waals surface area contributed by atoms with Crippen LogP contribution in [0.1, 0.15) is 31.5 Å². The van der Waals surface area contributed by atoms with Crippen molar-refractivity contribution in [3.8, 4) is 0 Å². The van der Waals surface area contributed by atoms with Crippen molar-refractivity contribution in [3.63, 3.8) is 0 Å². The largest absolute Gasteiger partial charge is 0.367 e. The lowest BCUT2D eigenvalue weighted by molar-refractivity contribution is 0.00158. The van der Waals surface area contributed by atoms with Crippen LogP contribution in [0.2, 0.25) is 0 Å². The molecule has 1 saturated carbocycles. The van der Waals surface area contributed by atoms with E-state index >= 15 is 0 Å². The number of hydrogen-bond donors (Lipinski definition) is 1. The van der Waals surface area contributed by atoms with Crippen LogP contribution < -0.4 is 5.32 Å². The SMILES string of the molecule is c1cn2c(n1)CO[C@@H](CNC1CCCC1)C2. The van der Waals surface area contributed by atoms with Crippen LogP contribution in [-0.2, 0) is 17.9 Å². The summed E-state index contributed by atoms with van der Waals surface area (Å²) in [5.74, 6) is 1.05. The Bertz CT molecular complexity index is 344. The van der Waals surface area contributed by atoms with Crippen LogP contribution in [0.25, 0.3) is 0 Å². The van der Waals surface area contributed by atoms with Gasteiger partial charge in [0, 0.05) is 25.0 Å². The molecular weight excluding hydrogens is 202 g/mol. The molecule has 88 valence electrons. The Morgan fingerprint density at radius 2 is 2.31 bits per heavy atom. The molecule has 1 aliphatic heterocycles. The molecule has 0 aromatic carbocycles. The van der Waals surface area contributed by atoms with E-state index in [1.165, 1.54) is 25.7 Å². The number of rotatable bonds is 3. The summed E-state index contributed by atoms with van der Waals surface area (Å²) in [7, 11) is 0. The topological polar surface area (TPSA) is 39.1 Å². The van der Waals surface area contributed by atoms with Gasteiger partial charge >= 0.3 is 0 Å². The summed E-state index contributed by atoms with van der Waals surface area (Å²) in [6.45, 7) is 2.57. The van der Waals surface area contributed by atoms with Gasteiger partial charge in [-0.15, -0.1) is 0 Å². The number of imidazole rings is 1. The second-order valence-electron chi connectivity index (χ2n) is 4.82. The first-order chi connectivity index (χ1) is 7.92. The number of hydrogen-bond acceptors (Lipinski definition) is 3. The van der Waals surface area contributed by atoms with Gasteiger partial charge in [-0.05, 0) is 12.8 Å². The summed E-state index contributed by atoms with van der Waals surface area (Å²) in [5, 5.41) is 3.62. The zero-order valence-electron chi connectivity index (χ0n) is 9.56. The fourth-order valence-electron chi connectivity index (χ4n) is 2.66. The molecule has 3 rings (SSSR count). The molecule has 4 heteroatoms. The van der Waals surface area contributed by atoms with Crippen molar-refractivity contribution in [2.75, 3.05) is 6.54 Å². The minimum Gasteiger partial charge on any atom is -0.367 e. The molecule has 0 unspecified atom stereocenters. The van der Waals surface area contributed by atoms with Crippen LogP contribution >= 0.6 is 0 Å². The molecule has 2 heterocycles. The number of fused-ring (bicyclic) bond motifs is 1. The summed E-state index contributed by atoms with van der Waals surface area (Å²) in [5.41, 5.74) is 0. The molecule has 1 aliphatic carbocycles. The monoisotopic (exact) mass is 221 g/mol. The van der Waals surface area contributed by atoms with Gasteiger partial charge in [0.2, 0.25) is 0 Å². The van der Waals surface area contributed by atoms with Crippen LogP contribution in [0.4, 0.5) is 0 Å². The Kier molecular flexibility index (Phi) is 2.93. The molecule has 0 spiro atoms. The van der Waals surface area contributed by atoms with Gasteiger partial charge in [-0.25, -0.2) is 4.98 Å². The quantitative estimate of drug-likeness (QED) is 0.836. The van der Waals surface area contributed by atoms with Gasteiger partial charge in [0.25, 0.3) is 0 Å². The van der Waals surface area contributed by atoms with E-state index in [1.807, 2.05) is 12.4 Å². The van der Waals surface area contributed by atoms with E-state index in [0.29, 0.717) is 12.7 Å². The number of nitrogens with zero attached hydrogens (tertiary/aromatic N) is 2. The van der Waals surface area contributed by atoms with Gasteiger partial charge in [0.05, 0.1) is 12.6 Å². The van der Waals surface area contributed by atoms with E-state index in [1.54, 1.807) is 0 Å². The van der Waals surface area contributed by atoms with Gasteiger partial charge in [0.15, 0.2) is 0 Å². The smallest absolute Gasteiger partial charge is 0.134 e. The fraction of sp³-hybridized carbons (Fsp3) is 0.750. The van der Waals surface area contributed by atoms with Gasteiger partial charge in [-0.1, -0.05) is 12.8 Å². The summed E-state index contributed by atoms with van der Waals surface area (Å²) >= 11 is 0. The molecule has 1 N–H and O–H groups in total. The first-order valence-electron chi connectivity index (χ1n) is 6.27. The highest BCUT2D eigenvalue weighted by Crippen LogP contribution is 2.18. The van der Waals surface area contributed by atoms with Gasteiger partial charge in [-0.3, -0.25) is 0 Å². The van der Waals surface area contributed by atoms with Crippen molar-refractivity contribution >= 4 is 0 Å². The predicted molar refractivity (Wildman–Crippen MR) is 61.1 cm³/mol. The third-order valence-corrected chi connectivity index (χ3v) is 3.64. The Morgan fingerprint density at radius 3 is 3.19 bits per heavy atom. The zero-order chi connectivity index (χ0) is 10.8. The van der Waals surface area contributed by atoms with Gasteiger partial charge < -0.3 is 14.6 Å².